The van der Waals surface area contributed by atoms with Crippen molar-refractivity contribution in [2.45, 2.75) is 19.4 Å². The molecule has 0 aromatic heterocycles. The Labute approximate surface area is 170 Å². The van der Waals surface area contributed by atoms with E-state index in [1.54, 1.807) is 30.3 Å². The summed E-state index contributed by atoms with van der Waals surface area (Å²) in [5, 5.41) is 15.1. The van der Waals surface area contributed by atoms with E-state index < -0.39 is 0 Å². The van der Waals surface area contributed by atoms with Crippen molar-refractivity contribution in [3.05, 3.63) is 101 Å². The molecule has 0 saturated heterocycles. The van der Waals surface area contributed by atoms with Gasteiger partial charge in [0, 0.05) is 0 Å². The van der Waals surface area contributed by atoms with Crippen LogP contribution in [0.25, 0.3) is 0 Å². The lowest BCUT2D eigenvalue weighted by molar-refractivity contribution is -0.115. The van der Waals surface area contributed by atoms with E-state index in [0.717, 1.165) is 17.5 Å². The Morgan fingerprint density at radius 1 is 1.03 bits per heavy atom. The average Bonchev–Trinajstić information content (AvgIpc) is 2.75. The first kappa shape index (κ1) is 20.2. The van der Waals surface area contributed by atoms with Crippen LogP contribution in [0.15, 0.2) is 72.8 Å². The number of hydrogen-bond acceptors (Lipinski definition) is 3. The highest BCUT2D eigenvalue weighted by atomic mass is 19.1. The van der Waals surface area contributed by atoms with Gasteiger partial charge >= 0.3 is 0 Å². The van der Waals surface area contributed by atoms with Crippen LogP contribution in [0.1, 0.15) is 35.2 Å². The van der Waals surface area contributed by atoms with E-state index in [1.165, 1.54) is 17.7 Å². The van der Waals surface area contributed by atoms with E-state index in [1.807, 2.05) is 30.3 Å². The number of para-hydroxylation sites is 1. The van der Waals surface area contributed by atoms with Gasteiger partial charge in [0.05, 0.1) is 23.8 Å². The fourth-order valence-corrected chi connectivity index (χ4v) is 3.14. The zero-order valence-corrected chi connectivity index (χ0v) is 16.2. The van der Waals surface area contributed by atoms with Gasteiger partial charge < -0.3 is 5.32 Å². The monoisotopic (exact) mass is 387 g/mol. The predicted molar refractivity (Wildman–Crippen MR) is 112 cm³/mol. The summed E-state index contributed by atoms with van der Waals surface area (Å²) in [7, 11) is 0. The lowest BCUT2D eigenvalue weighted by atomic mass is 9.97. The van der Waals surface area contributed by atoms with Gasteiger partial charge in [0.15, 0.2) is 0 Å². The van der Waals surface area contributed by atoms with E-state index >= 15 is 0 Å². The van der Waals surface area contributed by atoms with Crippen molar-refractivity contribution in [3.63, 3.8) is 0 Å². The van der Waals surface area contributed by atoms with Crippen molar-refractivity contribution in [3.8, 4) is 6.07 Å². The zero-order chi connectivity index (χ0) is 20.6. The zero-order valence-electron chi connectivity index (χ0n) is 16.2. The first-order chi connectivity index (χ1) is 14.1. The third kappa shape index (κ3) is 5.28. The van der Waals surface area contributed by atoms with Crippen LogP contribution in [-0.2, 0) is 11.2 Å². The number of rotatable bonds is 7. The second-order valence-corrected chi connectivity index (χ2v) is 6.67. The largest absolute Gasteiger partial charge is 0.324 e. The van der Waals surface area contributed by atoms with Crippen molar-refractivity contribution in [1.29, 1.82) is 5.26 Å². The molecular formula is C24H22FN3O. The Morgan fingerprint density at radius 2 is 1.79 bits per heavy atom. The highest BCUT2D eigenvalue weighted by Crippen LogP contribution is 2.23. The van der Waals surface area contributed by atoms with Crippen LogP contribution in [0.3, 0.4) is 0 Å². The van der Waals surface area contributed by atoms with Gasteiger partial charge in [-0.1, -0.05) is 55.5 Å². The maximum absolute atomic E-state index is 13.8. The van der Waals surface area contributed by atoms with Crippen LogP contribution in [0.5, 0.6) is 0 Å². The fourth-order valence-electron chi connectivity index (χ4n) is 3.14. The minimum Gasteiger partial charge on any atom is -0.324 e. The van der Waals surface area contributed by atoms with Crippen molar-refractivity contribution >= 4 is 11.6 Å². The molecule has 0 saturated carbocycles. The summed E-state index contributed by atoms with van der Waals surface area (Å²) < 4.78 is 13.8. The third-order valence-corrected chi connectivity index (χ3v) is 4.69. The summed E-state index contributed by atoms with van der Waals surface area (Å²) in [6.07, 6.45) is 0.930. The summed E-state index contributed by atoms with van der Waals surface area (Å²) in [6.45, 7) is 2.09. The first-order valence-electron chi connectivity index (χ1n) is 9.47. The molecule has 1 atom stereocenters. The molecule has 0 heterocycles. The molecule has 4 nitrogen and oxygen atoms in total. The number of halogens is 1. The molecule has 3 aromatic carbocycles. The quantitative estimate of drug-likeness (QED) is 0.624. The number of nitriles is 1. The fraction of sp³-hybridized carbons (Fsp3) is 0.167. The van der Waals surface area contributed by atoms with Gasteiger partial charge in [-0.3, -0.25) is 10.1 Å². The average molecular weight is 387 g/mol. The van der Waals surface area contributed by atoms with Crippen molar-refractivity contribution in [2.75, 3.05) is 11.9 Å². The molecule has 0 aliphatic heterocycles. The van der Waals surface area contributed by atoms with E-state index in [2.05, 4.69) is 23.6 Å². The maximum atomic E-state index is 13.8. The first-order valence-corrected chi connectivity index (χ1v) is 9.47. The minimum atomic E-state index is -0.339. The molecule has 5 heteroatoms. The number of anilines is 1. The third-order valence-electron chi connectivity index (χ3n) is 4.69. The highest BCUT2D eigenvalue weighted by Gasteiger charge is 2.16. The Hall–Kier alpha value is -3.49. The van der Waals surface area contributed by atoms with Crippen molar-refractivity contribution in [2.24, 2.45) is 0 Å². The summed E-state index contributed by atoms with van der Waals surface area (Å²) in [6, 6.07) is 22.9. The molecule has 0 aliphatic rings. The summed E-state index contributed by atoms with van der Waals surface area (Å²) >= 11 is 0. The Morgan fingerprint density at radius 3 is 2.48 bits per heavy atom. The number of aryl methyl sites for hydroxylation is 1. The second kappa shape index (κ2) is 9.63. The normalized spacial score (nSPS) is 11.5. The van der Waals surface area contributed by atoms with Crippen LogP contribution < -0.4 is 10.6 Å². The Bertz CT molecular complexity index is 1020. The number of hydrogen-bond donors (Lipinski definition) is 2. The number of carbonyl (C=O) groups excluding carboxylic acids is 1. The van der Waals surface area contributed by atoms with E-state index in [9.17, 15) is 9.18 Å². The molecule has 0 radical (unpaired) electrons. The van der Waals surface area contributed by atoms with E-state index in [4.69, 9.17) is 5.26 Å². The number of benzene rings is 3. The van der Waals surface area contributed by atoms with Gasteiger partial charge in [-0.05, 0) is 47.4 Å². The minimum absolute atomic E-state index is 0.0104. The predicted octanol–water partition coefficient (Wildman–Crippen LogP) is 4.58. The van der Waals surface area contributed by atoms with Gasteiger partial charge in [0.1, 0.15) is 11.9 Å². The Kier molecular flexibility index (Phi) is 6.72. The molecule has 1 amide bonds. The van der Waals surface area contributed by atoms with Gasteiger partial charge in [0.2, 0.25) is 5.91 Å². The lowest BCUT2D eigenvalue weighted by Gasteiger charge is -2.20. The van der Waals surface area contributed by atoms with Crippen LogP contribution in [-0.4, -0.2) is 12.5 Å². The molecule has 3 rings (SSSR count). The molecule has 3 aromatic rings. The molecule has 0 unspecified atom stereocenters. The molecule has 146 valence electrons. The maximum Gasteiger partial charge on any atom is 0.238 e. The van der Waals surface area contributed by atoms with E-state index in [0.29, 0.717) is 11.3 Å². The van der Waals surface area contributed by atoms with Gasteiger partial charge in [-0.15, -0.1) is 0 Å². The van der Waals surface area contributed by atoms with Gasteiger partial charge in [-0.25, -0.2) is 4.39 Å². The van der Waals surface area contributed by atoms with Gasteiger partial charge in [-0.2, -0.15) is 5.26 Å². The summed E-state index contributed by atoms with van der Waals surface area (Å²) in [5.41, 5.74) is 3.75. The topological polar surface area (TPSA) is 64.9 Å². The van der Waals surface area contributed by atoms with Crippen LogP contribution >= 0.6 is 0 Å². The molecule has 0 fully saturated rings. The van der Waals surface area contributed by atoms with Crippen LogP contribution in [0, 0.1) is 17.1 Å². The summed E-state index contributed by atoms with van der Waals surface area (Å²) in [4.78, 5) is 12.5. The highest BCUT2D eigenvalue weighted by molar-refractivity contribution is 5.93. The smallest absolute Gasteiger partial charge is 0.238 e. The molecule has 29 heavy (non-hydrogen) atoms. The molecule has 0 spiro atoms. The number of nitrogens with zero attached hydrogens (tertiary/aromatic N) is 1. The van der Waals surface area contributed by atoms with Crippen LogP contribution in [0.2, 0.25) is 0 Å². The molecule has 0 aliphatic carbocycles. The Balaban J connectivity index is 1.78. The SMILES string of the molecule is CCc1ccc([C@H](NCC(=O)Nc2ccccc2C#N)c2cccc(F)c2)cc1. The second-order valence-electron chi connectivity index (χ2n) is 6.67. The lowest BCUT2D eigenvalue weighted by Crippen LogP contribution is -2.32. The molecular weight excluding hydrogens is 365 g/mol. The molecule has 2 N–H and O–H groups in total. The summed E-state index contributed by atoms with van der Waals surface area (Å²) in [5.74, 6) is -0.605. The van der Waals surface area contributed by atoms with Crippen molar-refractivity contribution < 1.29 is 9.18 Å². The van der Waals surface area contributed by atoms with Gasteiger partial charge in [0.25, 0.3) is 0 Å². The number of amides is 1. The number of nitrogens with one attached hydrogen (secondary N) is 2. The van der Waals surface area contributed by atoms with Crippen LogP contribution in [0.4, 0.5) is 10.1 Å². The number of carbonyl (C=O) groups is 1. The standard InChI is InChI=1S/C24H22FN3O/c1-2-17-10-12-18(13-11-17)24(19-7-5-8-21(25)14-19)27-16-23(29)28-22-9-4-3-6-20(22)15-26/h3-14,24,27H,2,16H2,1H3,(H,28,29)/t24-/m0/s1. The van der Waals surface area contributed by atoms with Crippen molar-refractivity contribution in [1.82, 2.24) is 5.32 Å². The molecule has 0 bridgehead atoms. The van der Waals surface area contributed by atoms with E-state index in [-0.39, 0.29) is 24.3 Å².